The molecule has 144 valence electrons. The van der Waals surface area contributed by atoms with E-state index in [9.17, 15) is 0 Å². The predicted octanol–water partition coefficient (Wildman–Crippen LogP) is 3.95. The van der Waals surface area contributed by atoms with Crippen molar-refractivity contribution in [3.8, 4) is 11.5 Å². The third kappa shape index (κ3) is 8.65. The summed E-state index contributed by atoms with van der Waals surface area (Å²) in [6.45, 7) is 6.76. The van der Waals surface area contributed by atoms with Crippen LogP contribution in [0.25, 0.3) is 0 Å². The Labute approximate surface area is 170 Å². The first-order valence-electron chi connectivity index (χ1n) is 8.87. The van der Waals surface area contributed by atoms with Gasteiger partial charge in [-0.1, -0.05) is 19.4 Å². The molecule has 1 aromatic carbocycles. The van der Waals surface area contributed by atoms with Gasteiger partial charge in [0.25, 0.3) is 0 Å². The van der Waals surface area contributed by atoms with Crippen LogP contribution in [0, 0.1) is 0 Å². The fraction of sp³-hybridized carbons (Fsp3) is 0.632. The van der Waals surface area contributed by atoms with Crippen molar-refractivity contribution in [2.45, 2.75) is 39.5 Å². The Kier molecular flexibility index (Phi) is 13.4. The average molecular weight is 463 g/mol. The highest BCUT2D eigenvalue weighted by molar-refractivity contribution is 14.0. The molecule has 0 bridgehead atoms. The summed E-state index contributed by atoms with van der Waals surface area (Å²) in [6.07, 6.45) is 4.41. The monoisotopic (exact) mass is 463 g/mol. The number of halogens is 1. The van der Waals surface area contributed by atoms with Crippen molar-refractivity contribution in [2.75, 3.05) is 40.9 Å². The number of methoxy groups -OCH3 is 1. The number of benzene rings is 1. The molecule has 25 heavy (non-hydrogen) atoms. The molecular weight excluding hydrogens is 429 g/mol. The summed E-state index contributed by atoms with van der Waals surface area (Å²) in [5.74, 6) is 2.57. The number of nitrogens with zero attached hydrogens (tertiary/aromatic N) is 2. The Morgan fingerprint density at radius 3 is 2.56 bits per heavy atom. The number of hydrogen-bond donors (Lipinski definition) is 1. The summed E-state index contributed by atoms with van der Waals surface area (Å²) >= 11 is 0. The normalized spacial score (nSPS) is 10.8. The van der Waals surface area contributed by atoms with Crippen molar-refractivity contribution in [3.63, 3.8) is 0 Å². The van der Waals surface area contributed by atoms with Crippen LogP contribution >= 0.6 is 24.0 Å². The van der Waals surface area contributed by atoms with Gasteiger partial charge in [0.15, 0.2) is 17.5 Å². The second-order valence-electron chi connectivity index (χ2n) is 5.77. The molecule has 0 aliphatic rings. The molecule has 6 heteroatoms. The van der Waals surface area contributed by atoms with Gasteiger partial charge in [0.1, 0.15) is 0 Å². The van der Waals surface area contributed by atoms with Crippen LogP contribution < -0.4 is 14.8 Å². The van der Waals surface area contributed by atoms with Gasteiger partial charge < -0.3 is 19.7 Å². The van der Waals surface area contributed by atoms with E-state index in [-0.39, 0.29) is 24.0 Å². The van der Waals surface area contributed by atoms with Crippen LogP contribution in [0.1, 0.15) is 38.7 Å². The van der Waals surface area contributed by atoms with Crippen molar-refractivity contribution in [2.24, 2.45) is 4.99 Å². The zero-order chi connectivity index (χ0) is 17.8. The third-order valence-electron chi connectivity index (χ3n) is 3.87. The van der Waals surface area contributed by atoms with Crippen LogP contribution in [0.4, 0.5) is 0 Å². The SMILES string of the molecule is CCCCN(C)C(=NC)NCCCc1ccc(OC)c(OCC)c1.I. The number of nitrogens with one attached hydrogen (secondary N) is 1. The lowest BCUT2D eigenvalue weighted by Gasteiger charge is -2.21. The van der Waals surface area contributed by atoms with Crippen molar-refractivity contribution in [1.82, 2.24) is 10.2 Å². The van der Waals surface area contributed by atoms with Crippen LogP contribution in [0.3, 0.4) is 0 Å². The summed E-state index contributed by atoms with van der Waals surface area (Å²) in [5, 5.41) is 3.43. The second kappa shape index (κ2) is 14.0. The molecule has 1 aromatic rings. The quantitative estimate of drug-likeness (QED) is 0.247. The van der Waals surface area contributed by atoms with Crippen LogP contribution in [0.15, 0.2) is 23.2 Å². The standard InChI is InChI=1S/C19H33N3O2.HI/c1-6-8-14-22(4)19(20-3)21-13-9-10-16-11-12-17(23-5)18(15-16)24-7-2;/h11-12,15H,6-10,13-14H2,1-5H3,(H,20,21);1H. The second-order valence-corrected chi connectivity index (χ2v) is 5.77. The summed E-state index contributed by atoms with van der Waals surface area (Å²) in [6, 6.07) is 6.15. The number of rotatable bonds is 10. The largest absolute Gasteiger partial charge is 0.493 e. The van der Waals surface area contributed by atoms with Crippen LogP contribution in [0.2, 0.25) is 0 Å². The molecule has 1 rings (SSSR count). The highest BCUT2D eigenvalue weighted by Crippen LogP contribution is 2.28. The highest BCUT2D eigenvalue weighted by Gasteiger charge is 2.07. The van der Waals surface area contributed by atoms with Crippen molar-refractivity contribution in [3.05, 3.63) is 23.8 Å². The molecule has 0 atom stereocenters. The molecule has 1 N–H and O–H groups in total. The van der Waals surface area contributed by atoms with Gasteiger partial charge in [-0.2, -0.15) is 0 Å². The van der Waals surface area contributed by atoms with E-state index in [1.54, 1.807) is 7.11 Å². The van der Waals surface area contributed by atoms with Gasteiger partial charge in [-0.3, -0.25) is 4.99 Å². The number of aryl methyl sites for hydroxylation is 1. The number of ether oxygens (including phenoxy) is 2. The van der Waals surface area contributed by atoms with Crippen LogP contribution in [-0.4, -0.2) is 51.8 Å². The van der Waals surface area contributed by atoms with E-state index in [0.717, 1.165) is 43.4 Å². The summed E-state index contributed by atoms with van der Waals surface area (Å²) in [7, 11) is 5.59. The lowest BCUT2D eigenvalue weighted by molar-refractivity contribution is 0.310. The molecular formula is C19H34IN3O2. The Morgan fingerprint density at radius 2 is 1.96 bits per heavy atom. The van der Waals surface area contributed by atoms with Crippen LogP contribution in [-0.2, 0) is 6.42 Å². The fourth-order valence-corrected chi connectivity index (χ4v) is 2.52. The van der Waals surface area contributed by atoms with Gasteiger partial charge in [-0.25, -0.2) is 0 Å². The van der Waals surface area contributed by atoms with E-state index >= 15 is 0 Å². The average Bonchev–Trinajstić information content (AvgIpc) is 2.60. The van der Waals surface area contributed by atoms with Gasteiger partial charge in [-0.05, 0) is 43.9 Å². The molecule has 5 nitrogen and oxygen atoms in total. The molecule has 0 unspecified atom stereocenters. The molecule has 0 aliphatic heterocycles. The minimum absolute atomic E-state index is 0. The number of guanidine groups is 1. The van der Waals surface area contributed by atoms with Crippen molar-refractivity contribution >= 4 is 29.9 Å². The molecule has 0 saturated carbocycles. The maximum absolute atomic E-state index is 5.63. The molecule has 0 spiro atoms. The smallest absolute Gasteiger partial charge is 0.193 e. The first kappa shape index (κ1) is 23.8. The molecule has 0 aliphatic carbocycles. The summed E-state index contributed by atoms with van der Waals surface area (Å²) in [5.41, 5.74) is 1.26. The highest BCUT2D eigenvalue weighted by atomic mass is 127. The molecule has 0 fully saturated rings. The van der Waals surface area contributed by atoms with E-state index in [2.05, 4.69) is 41.3 Å². The first-order chi connectivity index (χ1) is 11.7. The lowest BCUT2D eigenvalue weighted by atomic mass is 10.1. The zero-order valence-electron chi connectivity index (χ0n) is 16.3. The Hall–Kier alpha value is -1.18. The van der Waals surface area contributed by atoms with E-state index < -0.39 is 0 Å². The van der Waals surface area contributed by atoms with Gasteiger partial charge in [0, 0.05) is 27.2 Å². The van der Waals surface area contributed by atoms with Gasteiger partial charge in [-0.15, -0.1) is 24.0 Å². The fourth-order valence-electron chi connectivity index (χ4n) is 2.52. The first-order valence-corrected chi connectivity index (χ1v) is 8.87. The van der Waals surface area contributed by atoms with Gasteiger partial charge in [0.05, 0.1) is 13.7 Å². The topological polar surface area (TPSA) is 46.1 Å². The van der Waals surface area contributed by atoms with Gasteiger partial charge in [0.2, 0.25) is 0 Å². The van der Waals surface area contributed by atoms with E-state index in [1.165, 1.54) is 18.4 Å². The number of unbranched alkanes of at least 4 members (excludes halogenated alkanes) is 1. The van der Waals surface area contributed by atoms with E-state index in [1.807, 2.05) is 20.0 Å². The zero-order valence-corrected chi connectivity index (χ0v) is 18.6. The maximum atomic E-state index is 5.63. The third-order valence-corrected chi connectivity index (χ3v) is 3.87. The van der Waals surface area contributed by atoms with Crippen molar-refractivity contribution in [1.29, 1.82) is 0 Å². The maximum Gasteiger partial charge on any atom is 0.193 e. The van der Waals surface area contributed by atoms with E-state index in [0.29, 0.717) is 6.61 Å². The van der Waals surface area contributed by atoms with Crippen LogP contribution in [0.5, 0.6) is 11.5 Å². The lowest BCUT2D eigenvalue weighted by Crippen LogP contribution is -2.39. The summed E-state index contributed by atoms with van der Waals surface area (Å²) in [4.78, 5) is 6.53. The molecule has 0 amide bonds. The number of aliphatic imine (C=N–C) groups is 1. The molecule has 0 aromatic heterocycles. The predicted molar refractivity (Wildman–Crippen MR) is 117 cm³/mol. The Morgan fingerprint density at radius 1 is 1.20 bits per heavy atom. The minimum atomic E-state index is 0. The minimum Gasteiger partial charge on any atom is -0.493 e. The Bertz CT molecular complexity index is 509. The molecule has 0 heterocycles. The Balaban J connectivity index is 0.00000576. The molecule has 0 radical (unpaired) electrons. The molecule has 0 saturated heterocycles. The number of hydrogen-bond acceptors (Lipinski definition) is 3. The van der Waals surface area contributed by atoms with Crippen molar-refractivity contribution < 1.29 is 9.47 Å². The summed E-state index contributed by atoms with van der Waals surface area (Å²) < 4.78 is 11.0. The van der Waals surface area contributed by atoms with Gasteiger partial charge >= 0.3 is 0 Å². The van der Waals surface area contributed by atoms with E-state index in [4.69, 9.17) is 9.47 Å².